The normalized spacial score (nSPS) is 18.9. The van der Waals surface area contributed by atoms with Crippen molar-refractivity contribution < 1.29 is 19.1 Å². The van der Waals surface area contributed by atoms with Gasteiger partial charge >= 0.3 is 6.03 Å². The molecule has 1 aromatic heterocycles. The molecule has 0 aliphatic carbocycles. The number of carbonyl (C=O) groups excluding carboxylic acids is 3. The summed E-state index contributed by atoms with van der Waals surface area (Å²) in [5.41, 5.74) is 3.03. The monoisotopic (exact) mass is 458 g/mol. The number of hydrogen-bond acceptors (Lipinski definition) is 7. The number of rotatable bonds is 6. The number of morpholine rings is 1. The lowest BCUT2D eigenvalue weighted by atomic mass is 10.1. The number of thioether (sulfide) groups is 1. The molecule has 2 saturated heterocycles. The van der Waals surface area contributed by atoms with Gasteiger partial charge in [0.05, 0.1) is 24.7 Å². The van der Waals surface area contributed by atoms with Crippen LogP contribution >= 0.6 is 11.8 Å². The zero-order valence-electron chi connectivity index (χ0n) is 18.1. The van der Waals surface area contributed by atoms with E-state index in [1.54, 1.807) is 4.90 Å². The number of aryl methyl sites for hydroxylation is 2. The second-order valence-corrected chi connectivity index (χ2v) is 8.88. The Morgan fingerprint density at radius 2 is 2.00 bits per heavy atom. The lowest BCUT2D eigenvalue weighted by Crippen LogP contribution is -2.53. The summed E-state index contributed by atoms with van der Waals surface area (Å²) in [5, 5.41) is 14.3. The van der Waals surface area contributed by atoms with Crippen LogP contribution in [0.2, 0.25) is 0 Å². The van der Waals surface area contributed by atoms with E-state index in [9.17, 15) is 14.4 Å². The largest absolute Gasteiger partial charge is 0.378 e. The minimum Gasteiger partial charge on any atom is -0.378 e. The summed E-state index contributed by atoms with van der Waals surface area (Å²) in [7, 11) is 0. The van der Waals surface area contributed by atoms with Gasteiger partial charge in [-0.1, -0.05) is 23.9 Å². The Kier molecular flexibility index (Phi) is 6.75. The molecule has 10 nitrogen and oxygen atoms in total. The molecule has 11 heteroatoms. The number of amides is 4. The molecule has 0 spiro atoms. The second-order valence-electron chi connectivity index (χ2n) is 7.93. The summed E-state index contributed by atoms with van der Waals surface area (Å²) in [4.78, 5) is 37.9. The molecule has 0 saturated carbocycles. The van der Waals surface area contributed by atoms with E-state index < -0.39 is 6.03 Å². The minimum atomic E-state index is -0.505. The molecular weight excluding hydrogens is 432 g/mol. The molecule has 32 heavy (non-hydrogen) atoms. The number of imide groups is 1. The highest BCUT2D eigenvalue weighted by molar-refractivity contribution is 7.99. The molecule has 2 aromatic rings. The van der Waals surface area contributed by atoms with Gasteiger partial charge < -0.3 is 15.0 Å². The third kappa shape index (κ3) is 5.10. The summed E-state index contributed by atoms with van der Waals surface area (Å²) in [6, 6.07) is 5.22. The summed E-state index contributed by atoms with van der Waals surface area (Å²) >= 11 is 1.33. The molecule has 0 radical (unpaired) electrons. The van der Waals surface area contributed by atoms with Gasteiger partial charge in [0.2, 0.25) is 11.8 Å². The Labute approximate surface area is 190 Å². The first-order valence-corrected chi connectivity index (χ1v) is 11.5. The molecule has 1 atom stereocenters. The highest BCUT2D eigenvalue weighted by Crippen LogP contribution is 2.26. The zero-order chi connectivity index (χ0) is 22.7. The summed E-state index contributed by atoms with van der Waals surface area (Å²) in [5.74, 6) is 0.583. The molecule has 2 aliphatic heterocycles. The molecule has 2 N–H and O–H groups in total. The van der Waals surface area contributed by atoms with Crippen molar-refractivity contribution in [3.8, 4) is 5.69 Å². The minimum absolute atomic E-state index is 0.0339. The molecule has 1 aromatic carbocycles. The predicted molar refractivity (Wildman–Crippen MR) is 118 cm³/mol. The van der Waals surface area contributed by atoms with E-state index in [0.29, 0.717) is 43.7 Å². The summed E-state index contributed by atoms with van der Waals surface area (Å²) in [6.07, 6.45) is 0.515. The van der Waals surface area contributed by atoms with Gasteiger partial charge in [-0.05, 0) is 31.0 Å². The van der Waals surface area contributed by atoms with E-state index in [0.717, 1.165) is 16.8 Å². The number of ether oxygens (including phenoxy) is 1. The average molecular weight is 459 g/mol. The van der Waals surface area contributed by atoms with Crippen LogP contribution in [-0.2, 0) is 20.7 Å². The van der Waals surface area contributed by atoms with Crippen LogP contribution in [0.1, 0.15) is 23.4 Å². The standard InChI is InChI=1S/C21H26N6O4S/c1-13-3-4-14(2)16(9-13)27-17(10-15-11-18(28)23-20(30)22-15)24-25-21(27)32-12-19(29)26-5-7-31-8-6-26/h3-4,9,15H,5-8,10-12H2,1-2H3,(H2,22,23,28,30). The highest BCUT2D eigenvalue weighted by atomic mass is 32.2. The molecule has 170 valence electrons. The van der Waals surface area contributed by atoms with E-state index in [1.807, 2.05) is 36.6 Å². The van der Waals surface area contributed by atoms with Crippen LogP contribution in [0.4, 0.5) is 4.79 Å². The molecule has 2 fully saturated rings. The first kappa shape index (κ1) is 22.3. The number of nitrogens with one attached hydrogen (secondary N) is 2. The lowest BCUT2D eigenvalue weighted by Gasteiger charge is -2.26. The molecule has 4 amide bonds. The molecule has 4 rings (SSSR count). The average Bonchev–Trinajstić information content (AvgIpc) is 3.15. The van der Waals surface area contributed by atoms with Crippen molar-refractivity contribution in [3.05, 3.63) is 35.2 Å². The van der Waals surface area contributed by atoms with Crippen LogP contribution in [-0.4, -0.2) is 75.6 Å². The zero-order valence-corrected chi connectivity index (χ0v) is 18.9. The van der Waals surface area contributed by atoms with Crippen molar-refractivity contribution >= 4 is 29.6 Å². The quantitative estimate of drug-likeness (QED) is 0.620. The second kappa shape index (κ2) is 9.70. The van der Waals surface area contributed by atoms with Crippen molar-refractivity contribution in [2.75, 3.05) is 32.1 Å². The van der Waals surface area contributed by atoms with E-state index in [4.69, 9.17) is 4.74 Å². The number of aromatic nitrogens is 3. The number of carbonyl (C=O) groups is 3. The van der Waals surface area contributed by atoms with Crippen molar-refractivity contribution in [2.45, 2.75) is 37.9 Å². The van der Waals surface area contributed by atoms with Crippen LogP contribution in [0.3, 0.4) is 0 Å². The highest BCUT2D eigenvalue weighted by Gasteiger charge is 2.27. The maximum absolute atomic E-state index is 12.6. The predicted octanol–water partition coefficient (Wildman–Crippen LogP) is 0.976. The number of nitrogens with zero attached hydrogens (tertiary/aromatic N) is 4. The smallest absolute Gasteiger partial charge is 0.321 e. The Morgan fingerprint density at radius 3 is 2.75 bits per heavy atom. The van der Waals surface area contributed by atoms with Gasteiger partial charge in [0, 0.05) is 32.0 Å². The Balaban J connectivity index is 1.59. The third-order valence-corrected chi connectivity index (χ3v) is 6.36. The van der Waals surface area contributed by atoms with Gasteiger partial charge in [-0.25, -0.2) is 4.79 Å². The van der Waals surface area contributed by atoms with E-state index in [-0.39, 0.29) is 30.0 Å². The van der Waals surface area contributed by atoms with Gasteiger partial charge in [-0.3, -0.25) is 19.5 Å². The first-order valence-electron chi connectivity index (χ1n) is 10.5. The van der Waals surface area contributed by atoms with Crippen molar-refractivity contribution in [2.24, 2.45) is 0 Å². The molecule has 1 unspecified atom stereocenters. The van der Waals surface area contributed by atoms with Crippen LogP contribution in [0.5, 0.6) is 0 Å². The SMILES string of the molecule is Cc1ccc(C)c(-n2c(CC3CC(=O)NC(=O)N3)nnc2SCC(=O)N2CCOCC2)c1. The summed E-state index contributed by atoms with van der Waals surface area (Å²) in [6.45, 7) is 6.31. The van der Waals surface area contributed by atoms with Crippen LogP contribution in [0, 0.1) is 13.8 Å². The van der Waals surface area contributed by atoms with E-state index in [1.165, 1.54) is 11.8 Å². The molecule has 2 aliphatic rings. The summed E-state index contributed by atoms with van der Waals surface area (Å²) < 4.78 is 7.25. The topological polar surface area (TPSA) is 118 Å². The Morgan fingerprint density at radius 1 is 1.22 bits per heavy atom. The fourth-order valence-electron chi connectivity index (χ4n) is 3.78. The third-order valence-electron chi connectivity index (χ3n) is 5.44. The fraction of sp³-hybridized carbons (Fsp3) is 0.476. The molecular formula is C21H26N6O4S. The van der Waals surface area contributed by atoms with Gasteiger partial charge in [0.15, 0.2) is 5.16 Å². The maximum Gasteiger partial charge on any atom is 0.321 e. The Hall–Kier alpha value is -2.92. The van der Waals surface area contributed by atoms with Gasteiger partial charge in [-0.2, -0.15) is 0 Å². The van der Waals surface area contributed by atoms with Gasteiger partial charge in [0.1, 0.15) is 5.82 Å². The fourth-order valence-corrected chi connectivity index (χ4v) is 4.64. The van der Waals surface area contributed by atoms with E-state index >= 15 is 0 Å². The van der Waals surface area contributed by atoms with E-state index in [2.05, 4.69) is 20.8 Å². The first-order chi connectivity index (χ1) is 15.4. The number of urea groups is 1. The van der Waals surface area contributed by atoms with Crippen molar-refractivity contribution in [1.82, 2.24) is 30.3 Å². The maximum atomic E-state index is 12.6. The number of benzene rings is 1. The Bertz CT molecular complexity index is 1020. The van der Waals surface area contributed by atoms with Crippen LogP contribution < -0.4 is 10.6 Å². The van der Waals surface area contributed by atoms with Crippen molar-refractivity contribution in [3.63, 3.8) is 0 Å². The number of hydrogen-bond donors (Lipinski definition) is 2. The molecule has 0 bridgehead atoms. The van der Waals surface area contributed by atoms with Crippen LogP contribution in [0.25, 0.3) is 5.69 Å². The van der Waals surface area contributed by atoms with Crippen LogP contribution in [0.15, 0.2) is 23.4 Å². The lowest BCUT2D eigenvalue weighted by molar-refractivity contribution is -0.132. The van der Waals surface area contributed by atoms with Crippen molar-refractivity contribution in [1.29, 1.82) is 0 Å². The van der Waals surface area contributed by atoms with Gasteiger partial charge in [0.25, 0.3) is 0 Å². The van der Waals surface area contributed by atoms with Gasteiger partial charge in [-0.15, -0.1) is 10.2 Å². The molecule has 3 heterocycles.